The van der Waals surface area contributed by atoms with Gasteiger partial charge in [-0.05, 0) is 43.5 Å². The Hall–Kier alpha value is -1.04. The molecule has 106 valence electrons. The van der Waals surface area contributed by atoms with Crippen LogP contribution in [0.15, 0.2) is 29.4 Å². The van der Waals surface area contributed by atoms with Crippen LogP contribution in [-0.4, -0.2) is 33.6 Å². The summed E-state index contributed by atoms with van der Waals surface area (Å²) in [6.07, 6.45) is 3.92. The lowest BCUT2D eigenvalue weighted by Gasteiger charge is -2.21. The molecule has 0 spiro atoms. The van der Waals surface area contributed by atoms with Crippen LogP contribution in [0, 0.1) is 0 Å². The zero-order chi connectivity index (χ0) is 13.8. The van der Waals surface area contributed by atoms with E-state index in [1.54, 1.807) is 11.8 Å². The highest BCUT2D eigenvalue weighted by Crippen LogP contribution is 2.23. The molecule has 3 rings (SSSR count). The van der Waals surface area contributed by atoms with Crippen LogP contribution in [0.2, 0.25) is 5.02 Å². The molecule has 0 radical (unpaired) electrons. The summed E-state index contributed by atoms with van der Waals surface area (Å²) < 4.78 is 5.70. The van der Waals surface area contributed by atoms with Crippen LogP contribution in [-0.2, 0) is 4.74 Å². The third-order valence-corrected chi connectivity index (χ3v) is 4.49. The number of hydrogen-bond acceptors (Lipinski definition) is 4. The maximum Gasteiger partial charge on any atom is 0.208 e. The molecule has 0 aliphatic carbocycles. The summed E-state index contributed by atoms with van der Waals surface area (Å²) in [6, 6.07) is 7.56. The van der Waals surface area contributed by atoms with Gasteiger partial charge in [0.05, 0.1) is 6.10 Å². The lowest BCUT2D eigenvalue weighted by atomic mass is 10.1. The minimum Gasteiger partial charge on any atom is -0.377 e. The summed E-state index contributed by atoms with van der Waals surface area (Å²) in [5.41, 5.74) is 0.989. The number of benzene rings is 1. The van der Waals surface area contributed by atoms with Crippen molar-refractivity contribution in [2.24, 2.45) is 0 Å². The number of aromatic amines is 1. The fraction of sp³-hybridized carbons (Fsp3) is 0.429. The fourth-order valence-corrected chi connectivity index (χ4v) is 3.14. The number of halogens is 1. The number of nitrogens with zero attached hydrogens (tertiary/aromatic N) is 2. The van der Waals surface area contributed by atoms with Crippen molar-refractivity contribution >= 4 is 23.4 Å². The first-order valence-corrected chi connectivity index (χ1v) is 8.10. The highest BCUT2D eigenvalue weighted by atomic mass is 35.5. The second kappa shape index (κ2) is 6.61. The Labute approximate surface area is 127 Å². The first kappa shape index (κ1) is 13.9. The van der Waals surface area contributed by atoms with Crippen LogP contribution in [0.4, 0.5) is 0 Å². The summed E-state index contributed by atoms with van der Waals surface area (Å²) in [4.78, 5) is 4.49. The summed E-state index contributed by atoms with van der Waals surface area (Å²) in [5, 5.41) is 8.69. The van der Waals surface area contributed by atoms with Crippen molar-refractivity contribution in [3.63, 3.8) is 0 Å². The van der Waals surface area contributed by atoms with Crippen molar-refractivity contribution in [1.82, 2.24) is 15.2 Å². The topological polar surface area (TPSA) is 50.8 Å². The molecule has 1 aliphatic rings. The van der Waals surface area contributed by atoms with Gasteiger partial charge in [0.1, 0.15) is 0 Å². The Bertz CT molecular complexity index is 552. The van der Waals surface area contributed by atoms with E-state index in [0.29, 0.717) is 6.10 Å². The first-order valence-electron chi connectivity index (χ1n) is 6.74. The summed E-state index contributed by atoms with van der Waals surface area (Å²) in [5.74, 6) is 1.69. The minimum atomic E-state index is 0.339. The monoisotopic (exact) mass is 309 g/mol. The average Bonchev–Trinajstić information content (AvgIpc) is 2.96. The second-order valence-electron chi connectivity index (χ2n) is 4.77. The molecule has 1 fully saturated rings. The van der Waals surface area contributed by atoms with Gasteiger partial charge in [0.25, 0.3) is 0 Å². The van der Waals surface area contributed by atoms with Crippen molar-refractivity contribution < 1.29 is 4.74 Å². The van der Waals surface area contributed by atoms with Gasteiger partial charge in [0, 0.05) is 22.9 Å². The molecule has 1 aliphatic heterocycles. The molecule has 1 atom stereocenters. The zero-order valence-electron chi connectivity index (χ0n) is 11.0. The molecule has 1 aromatic heterocycles. The molecule has 2 aromatic rings. The van der Waals surface area contributed by atoms with Crippen molar-refractivity contribution in [3.8, 4) is 11.4 Å². The van der Waals surface area contributed by atoms with Crippen LogP contribution in [0.5, 0.6) is 0 Å². The Morgan fingerprint density at radius 3 is 2.90 bits per heavy atom. The van der Waals surface area contributed by atoms with E-state index in [1.165, 1.54) is 12.8 Å². The molecular weight excluding hydrogens is 294 g/mol. The molecule has 4 nitrogen and oxygen atoms in total. The Morgan fingerprint density at radius 1 is 1.30 bits per heavy atom. The van der Waals surface area contributed by atoms with Crippen LogP contribution in [0.25, 0.3) is 11.4 Å². The number of nitrogens with one attached hydrogen (secondary N) is 1. The van der Waals surface area contributed by atoms with Crippen molar-refractivity contribution in [3.05, 3.63) is 29.3 Å². The Morgan fingerprint density at radius 2 is 2.15 bits per heavy atom. The van der Waals surface area contributed by atoms with Gasteiger partial charge in [-0.15, -0.1) is 5.10 Å². The lowest BCUT2D eigenvalue weighted by molar-refractivity contribution is 0.0315. The fourth-order valence-electron chi connectivity index (χ4n) is 2.15. The Balaban J connectivity index is 1.60. The second-order valence-corrected chi connectivity index (χ2v) is 6.20. The van der Waals surface area contributed by atoms with E-state index in [2.05, 4.69) is 15.2 Å². The largest absolute Gasteiger partial charge is 0.377 e. The molecular formula is C14H16ClN3OS. The highest BCUT2D eigenvalue weighted by Gasteiger charge is 2.15. The van der Waals surface area contributed by atoms with Crippen LogP contribution >= 0.6 is 23.4 Å². The number of aromatic nitrogens is 3. The van der Waals surface area contributed by atoms with Crippen LogP contribution in [0.3, 0.4) is 0 Å². The van der Waals surface area contributed by atoms with Gasteiger partial charge >= 0.3 is 0 Å². The molecule has 0 amide bonds. The normalized spacial score (nSPS) is 19.1. The zero-order valence-corrected chi connectivity index (χ0v) is 12.6. The Kier molecular flexibility index (Phi) is 4.60. The van der Waals surface area contributed by atoms with E-state index in [-0.39, 0.29) is 0 Å². The summed E-state index contributed by atoms with van der Waals surface area (Å²) >= 11 is 7.52. The maximum absolute atomic E-state index is 5.88. The van der Waals surface area contributed by atoms with Gasteiger partial charge in [0.2, 0.25) is 5.16 Å². The van der Waals surface area contributed by atoms with E-state index in [0.717, 1.165) is 40.3 Å². The molecule has 20 heavy (non-hydrogen) atoms. The predicted octanol–water partition coefficient (Wildman–Crippen LogP) is 3.79. The van der Waals surface area contributed by atoms with Gasteiger partial charge in [-0.2, -0.15) is 0 Å². The van der Waals surface area contributed by atoms with Crippen LogP contribution in [0.1, 0.15) is 19.3 Å². The molecule has 0 saturated carbocycles. The SMILES string of the molecule is Clc1ccc(-c2nc(SC[C@H]3CCCCO3)n[nH]2)cc1. The summed E-state index contributed by atoms with van der Waals surface area (Å²) in [7, 11) is 0. The third-order valence-electron chi connectivity index (χ3n) is 3.25. The van der Waals surface area contributed by atoms with Gasteiger partial charge in [-0.1, -0.05) is 23.4 Å². The van der Waals surface area contributed by atoms with Gasteiger partial charge in [-0.25, -0.2) is 4.98 Å². The van der Waals surface area contributed by atoms with Crippen molar-refractivity contribution in [2.45, 2.75) is 30.5 Å². The molecule has 6 heteroatoms. The smallest absolute Gasteiger partial charge is 0.208 e. The van der Waals surface area contributed by atoms with E-state index < -0.39 is 0 Å². The number of rotatable bonds is 4. The molecule has 0 bridgehead atoms. The van der Waals surface area contributed by atoms with E-state index in [4.69, 9.17) is 16.3 Å². The number of H-pyrrole nitrogens is 1. The number of ether oxygens (including phenoxy) is 1. The molecule has 0 unspecified atom stereocenters. The molecule has 1 N–H and O–H groups in total. The number of thioether (sulfide) groups is 1. The maximum atomic E-state index is 5.88. The average molecular weight is 310 g/mol. The molecule has 1 saturated heterocycles. The van der Waals surface area contributed by atoms with Gasteiger partial charge < -0.3 is 4.74 Å². The third kappa shape index (κ3) is 3.53. The van der Waals surface area contributed by atoms with Crippen LogP contribution < -0.4 is 0 Å². The number of hydrogen-bond donors (Lipinski definition) is 1. The molecule has 2 heterocycles. The minimum absolute atomic E-state index is 0.339. The van der Waals surface area contributed by atoms with Crippen molar-refractivity contribution in [1.29, 1.82) is 0 Å². The molecule has 1 aromatic carbocycles. The van der Waals surface area contributed by atoms with Crippen molar-refractivity contribution in [2.75, 3.05) is 12.4 Å². The standard InChI is InChI=1S/C14H16ClN3OS/c15-11-6-4-10(5-7-11)13-16-14(18-17-13)20-9-12-3-1-2-8-19-12/h4-7,12H,1-3,8-9H2,(H,16,17,18)/t12-/m1/s1. The summed E-state index contributed by atoms with van der Waals surface area (Å²) in [6.45, 7) is 0.884. The highest BCUT2D eigenvalue weighted by molar-refractivity contribution is 7.99. The lowest BCUT2D eigenvalue weighted by Crippen LogP contribution is -2.21. The quantitative estimate of drug-likeness (QED) is 0.873. The van der Waals surface area contributed by atoms with E-state index in [9.17, 15) is 0 Å². The van der Waals surface area contributed by atoms with Gasteiger partial charge in [-0.3, -0.25) is 5.10 Å². The van der Waals surface area contributed by atoms with Gasteiger partial charge in [0.15, 0.2) is 5.82 Å². The first-order chi connectivity index (χ1) is 9.81. The van der Waals surface area contributed by atoms with E-state index >= 15 is 0 Å². The van der Waals surface area contributed by atoms with E-state index in [1.807, 2.05) is 24.3 Å². The predicted molar refractivity (Wildman–Crippen MR) is 81.1 cm³/mol.